The molecule has 0 radical (unpaired) electrons. The smallest absolute Gasteiger partial charge is 0.330 e. The molecule has 1 saturated heterocycles. The van der Waals surface area contributed by atoms with Gasteiger partial charge in [0.1, 0.15) is 11.7 Å². The molecule has 1 aliphatic carbocycles. The number of nitriles is 1. The molecule has 0 spiro atoms. The highest BCUT2D eigenvalue weighted by Crippen LogP contribution is 2.67. The summed E-state index contributed by atoms with van der Waals surface area (Å²) in [6.45, 7) is 8.07. The Labute approximate surface area is 211 Å². The molecular formula is C21H34N5O8PS. The lowest BCUT2D eigenvalue weighted by molar-refractivity contribution is -0.0937. The average Bonchev–Trinajstić information content (AvgIpc) is 3.21. The number of nitrogens with zero attached hydrogens (tertiary/aromatic N) is 3. The summed E-state index contributed by atoms with van der Waals surface area (Å²) in [5, 5.41) is 9.01. The fourth-order valence-corrected chi connectivity index (χ4v) is 7.68. The van der Waals surface area contributed by atoms with Crippen molar-refractivity contribution in [2.24, 2.45) is 5.92 Å². The van der Waals surface area contributed by atoms with Crippen LogP contribution in [0.15, 0.2) is 21.9 Å². The van der Waals surface area contributed by atoms with Crippen molar-refractivity contribution in [3.63, 3.8) is 0 Å². The van der Waals surface area contributed by atoms with Crippen LogP contribution in [0.5, 0.6) is 0 Å². The Kier molecular flexibility index (Phi) is 9.12. The number of ether oxygens (including phenoxy) is 2. The fraction of sp³-hybridized carbons (Fsp3) is 0.762. The van der Waals surface area contributed by atoms with E-state index in [1.807, 2.05) is 38.4 Å². The largest absolute Gasteiger partial charge is 0.374 e. The topological polar surface area (TPSA) is 165 Å². The predicted molar refractivity (Wildman–Crippen MR) is 131 cm³/mol. The molecule has 1 aromatic heterocycles. The van der Waals surface area contributed by atoms with Crippen LogP contribution >= 0.6 is 8.53 Å². The van der Waals surface area contributed by atoms with Crippen molar-refractivity contribution in [2.45, 2.75) is 70.2 Å². The molecule has 6 atom stereocenters. The SMILES string of the molecule is CNS(=O)(=O)CC1[C@H]2O[C@@H](n3ccc(=O)[nH]c3=O)[C@H](OC)[C@@]12OP(OCCC#N)N(C(C)C)C(C)C. The van der Waals surface area contributed by atoms with Crippen molar-refractivity contribution < 1.29 is 26.9 Å². The minimum atomic E-state index is -3.65. The maximum absolute atomic E-state index is 12.5. The molecule has 2 unspecified atom stereocenters. The first-order chi connectivity index (χ1) is 16.9. The second-order valence-electron chi connectivity index (χ2n) is 9.20. The van der Waals surface area contributed by atoms with E-state index in [4.69, 9.17) is 23.8 Å². The number of H-pyrrole nitrogens is 1. The van der Waals surface area contributed by atoms with E-state index in [9.17, 15) is 18.0 Å². The van der Waals surface area contributed by atoms with Gasteiger partial charge in [-0.25, -0.2) is 22.6 Å². The highest BCUT2D eigenvalue weighted by molar-refractivity contribution is 7.89. The standard InChI is InChI=1S/C21H34N5O8PS/c1-13(2)26(14(3)4)35(32-11-7-9-22)34-21-15(12-36(29,30)23-5)17(21)33-19(18(21)31-6)25-10-8-16(27)24-20(25)28/h8,10,13-15,17-19,23H,7,11-12H2,1-6H3,(H,24,27,28)/t15?,17-,18+,19-,21-,35?/m1/s1. The Balaban J connectivity index is 2.04. The van der Waals surface area contributed by atoms with Crippen LogP contribution in [0.3, 0.4) is 0 Å². The molecule has 2 N–H and O–H groups in total. The Morgan fingerprint density at radius 2 is 2.00 bits per heavy atom. The minimum Gasteiger partial charge on any atom is -0.374 e. The van der Waals surface area contributed by atoms with E-state index < -0.39 is 59.8 Å². The molecule has 2 aliphatic rings. The summed E-state index contributed by atoms with van der Waals surface area (Å²) in [4.78, 5) is 26.3. The van der Waals surface area contributed by atoms with Gasteiger partial charge in [0.25, 0.3) is 14.1 Å². The highest BCUT2D eigenvalue weighted by atomic mass is 32.2. The second kappa shape index (κ2) is 11.4. The quantitative estimate of drug-likeness (QED) is 0.265. The molecule has 2 fully saturated rings. The van der Waals surface area contributed by atoms with E-state index in [0.717, 1.165) is 0 Å². The fourth-order valence-electron chi connectivity index (χ4n) is 4.71. The number of sulfonamides is 1. The summed E-state index contributed by atoms with van der Waals surface area (Å²) < 4.78 is 55.2. The number of aromatic nitrogens is 2. The van der Waals surface area contributed by atoms with Gasteiger partial charge in [-0.05, 0) is 34.7 Å². The van der Waals surface area contributed by atoms with Crippen LogP contribution in [-0.2, 0) is 28.5 Å². The van der Waals surface area contributed by atoms with E-state index in [1.54, 1.807) is 0 Å². The van der Waals surface area contributed by atoms with Gasteiger partial charge in [-0.1, -0.05) is 0 Å². The maximum Gasteiger partial charge on any atom is 0.330 e. The van der Waals surface area contributed by atoms with Gasteiger partial charge in [0.15, 0.2) is 6.23 Å². The highest BCUT2D eigenvalue weighted by Gasteiger charge is 2.80. The number of aromatic amines is 1. The third-order valence-electron chi connectivity index (χ3n) is 6.26. The van der Waals surface area contributed by atoms with Gasteiger partial charge in [-0.15, -0.1) is 0 Å². The first-order valence-corrected chi connectivity index (χ1v) is 14.4. The van der Waals surface area contributed by atoms with Crippen LogP contribution in [0, 0.1) is 17.2 Å². The van der Waals surface area contributed by atoms with Gasteiger partial charge in [0.2, 0.25) is 10.0 Å². The lowest BCUT2D eigenvalue weighted by Gasteiger charge is -2.39. The second-order valence-corrected chi connectivity index (χ2v) is 12.6. The zero-order chi connectivity index (χ0) is 26.8. The maximum atomic E-state index is 12.5. The van der Waals surface area contributed by atoms with E-state index in [1.165, 1.54) is 31.0 Å². The third-order valence-corrected chi connectivity index (χ3v) is 9.85. The summed E-state index contributed by atoms with van der Waals surface area (Å²) in [5.41, 5.74) is -2.50. The number of rotatable bonds is 13. The molecule has 36 heavy (non-hydrogen) atoms. The molecule has 13 nitrogen and oxygen atoms in total. The van der Waals surface area contributed by atoms with Gasteiger partial charge in [-0.3, -0.25) is 14.3 Å². The molecule has 1 aliphatic heterocycles. The number of methoxy groups -OCH3 is 1. The Hall–Kier alpha value is -1.69. The lowest BCUT2D eigenvalue weighted by atomic mass is 10.1. The molecule has 2 heterocycles. The van der Waals surface area contributed by atoms with E-state index in [-0.39, 0.29) is 30.9 Å². The number of nitrogens with one attached hydrogen (secondary N) is 2. The summed E-state index contributed by atoms with van der Waals surface area (Å²) in [6, 6.07) is 3.25. The van der Waals surface area contributed by atoms with Crippen molar-refractivity contribution in [3.05, 3.63) is 33.1 Å². The average molecular weight is 548 g/mol. The van der Waals surface area contributed by atoms with Crippen LogP contribution in [-0.4, -0.2) is 79.0 Å². The monoisotopic (exact) mass is 547 g/mol. The molecule has 3 rings (SSSR count). The lowest BCUT2D eigenvalue weighted by Crippen LogP contribution is -2.45. The predicted octanol–water partition coefficient (Wildman–Crippen LogP) is 0.659. The van der Waals surface area contributed by atoms with Crippen molar-refractivity contribution in [2.75, 3.05) is 26.5 Å². The summed E-state index contributed by atoms with van der Waals surface area (Å²) >= 11 is 0. The van der Waals surface area contributed by atoms with Gasteiger partial charge >= 0.3 is 5.69 Å². The summed E-state index contributed by atoms with van der Waals surface area (Å²) in [6.07, 6.45) is -1.13. The molecule has 0 aromatic carbocycles. The van der Waals surface area contributed by atoms with Crippen LogP contribution in [0.4, 0.5) is 0 Å². The van der Waals surface area contributed by atoms with Gasteiger partial charge in [-0.2, -0.15) is 5.26 Å². The minimum absolute atomic E-state index is 0.00668. The molecule has 1 saturated carbocycles. The van der Waals surface area contributed by atoms with E-state index in [2.05, 4.69) is 9.71 Å². The van der Waals surface area contributed by atoms with Crippen molar-refractivity contribution in [3.8, 4) is 6.07 Å². The number of hydrogen-bond acceptors (Lipinski definition) is 10. The Bertz CT molecular complexity index is 1170. The summed E-state index contributed by atoms with van der Waals surface area (Å²) in [7, 11) is -2.67. The summed E-state index contributed by atoms with van der Waals surface area (Å²) in [5.74, 6) is -0.897. The normalized spacial score (nSPS) is 28.4. The first kappa shape index (κ1) is 28.9. The van der Waals surface area contributed by atoms with E-state index in [0.29, 0.717) is 0 Å². The van der Waals surface area contributed by atoms with Gasteiger partial charge < -0.3 is 18.5 Å². The zero-order valence-electron chi connectivity index (χ0n) is 21.2. The zero-order valence-corrected chi connectivity index (χ0v) is 22.9. The molecule has 202 valence electrons. The Morgan fingerprint density at radius 1 is 1.33 bits per heavy atom. The van der Waals surface area contributed by atoms with Gasteiger partial charge in [0, 0.05) is 37.4 Å². The Morgan fingerprint density at radius 3 is 2.53 bits per heavy atom. The van der Waals surface area contributed by atoms with Crippen molar-refractivity contribution in [1.29, 1.82) is 5.26 Å². The van der Waals surface area contributed by atoms with Gasteiger partial charge in [0.05, 0.1) is 31.0 Å². The van der Waals surface area contributed by atoms with Crippen LogP contribution in [0.2, 0.25) is 0 Å². The van der Waals surface area contributed by atoms with Crippen molar-refractivity contribution in [1.82, 2.24) is 18.9 Å². The third kappa shape index (κ3) is 5.58. The number of hydrogen-bond donors (Lipinski definition) is 2. The first-order valence-electron chi connectivity index (χ1n) is 11.6. The van der Waals surface area contributed by atoms with Crippen LogP contribution in [0.25, 0.3) is 0 Å². The molecular weight excluding hydrogens is 513 g/mol. The molecule has 0 amide bonds. The van der Waals surface area contributed by atoms with Crippen LogP contribution in [0.1, 0.15) is 40.3 Å². The molecule has 0 bridgehead atoms. The molecule has 15 heteroatoms. The molecule has 1 aromatic rings. The number of fused-ring (bicyclic) bond motifs is 1. The van der Waals surface area contributed by atoms with E-state index >= 15 is 0 Å². The van der Waals surface area contributed by atoms with Crippen molar-refractivity contribution >= 4 is 18.5 Å². The van der Waals surface area contributed by atoms with Crippen LogP contribution < -0.4 is 16.0 Å².